The molecule has 5 heteroatoms. The number of hydrogen-bond acceptors (Lipinski definition) is 3. The lowest BCUT2D eigenvalue weighted by Crippen LogP contribution is -2.39. The number of hydrogen-bond donors (Lipinski definition) is 1. The van der Waals surface area contributed by atoms with Crippen molar-refractivity contribution in [2.45, 2.75) is 25.2 Å². The van der Waals surface area contributed by atoms with Crippen molar-refractivity contribution in [1.29, 1.82) is 0 Å². The number of pyridine rings is 1. The van der Waals surface area contributed by atoms with Gasteiger partial charge in [-0.25, -0.2) is 9.67 Å². The van der Waals surface area contributed by atoms with Crippen LogP contribution in [0.1, 0.15) is 56.6 Å². The molecule has 7 rings (SSSR count). The van der Waals surface area contributed by atoms with E-state index in [0.29, 0.717) is 35.7 Å². The van der Waals surface area contributed by atoms with Crippen LogP contribution in [0.3, 0.4) is 0 Å². The van der Waals surface area contributed by atoms with E-state index in [1.54, 1.807) is 17.1 Å². The van der Waals surface area contributed by atoms with E-state index in [4.69, 9.17) is 0 Å². The van der Waals surface area contributed by atoms with Crippen molar-refractivity contribution in [3.63, 3.8) is 0 Å². The molecule has 3 aliphatic rings. The normalized spacial score (nSPS) is 20.5. The van der Waals surface area contributed by atoms with Gasteiger partial charge in [-0.05, 0) is 53.6 Å². The summed E-state index contributed by atoms with van der Waals surface area (Å²) in [6.07, 6.45) is 4.42. The van der Waals surface area contributed by atoms with E-state index in [1.807, 2.05) is 25.1 Å². The number of aromatic nitrogens is 3. The fraction of sp³-hybridized carbons (Fsp3) is 0.222. The molecule has 1 N–H and O–H groups in total. The average Bonchev–Trinajstić information content (AvgIpc) is 3.24. The molecular weight excluding hydrogens is 396 g/mol. The van der Waals surface area contributed by atoms with Gasteiger partial charge in [-0.2, -0.15) is 5.10 Å². The summed E-state index contributed by atoms with van der Waals surface area (Å²) >= 11 is 0. The van der Waals surface area contributed by atoms with Crippen LogP contribution in [0, 0.1) is 12.8 Å². The second-order valence-electron chi connectivity index (χ2n) is 8.74. The zero-order valence-electron chi connectivity index (χ0n) is 17.9. The third-order valence-electron chi connectivity index (χ3n) is 7.07. The Morgan fingerprint density at radius 1 is 0.969 bits per heavy atom. The van der Waals surface area contributed by atoms with Crippen molar-refractivity contribution in [2.24, 2.45) is 5.92 Å². The minimum absolute atomic E-state index is 0.0762. The number of nitrogens with one attached hydrogen (secondary N) is 1. The molecule has 3 aliphatic carbocycles. The summed E-state index contributed by atoms with van der Waals surface area (Å²) in [5, 5.41) is 7.60. The molecule has 5 nitrogen and oxygen atoms in total. The van der Waals surface area contributed by atoms with E-state index >= 15 is 0 Å². The smallest absolute Gasteiger partial charge is 0.254 e. The molecule has 2 heterocycles. The number of carbonyl (C=O) groups is 1. The standard InChI is InChI=1S/C27H24N4O/c1-17-24(16-30-31(17)25-12-6-7-13-28-25)27(32)29-15-18-14-23-19-8-2-4-10-21(19)26(18)22-11-5-3-9-20(22)23/h2-13,16,18,23,26H,14-15H2,1H3,(H,29,32). The van der Waals surface area contributed by atoms with Crippen LogP contribution in [0.5, 0.6) is 0 Å². The molecule has 0 fully saturated rings. The summed E-state index contributed by atoms with van der Waals surface area (Å²) in [4.78, 5) is 17.4. The summed E-state index contributed by atoms with van der Waals surface area (Å²) in [6.45, 7) is 2.56. The topological polar surface area (TPSA) is 59.8 Å². The zero-order valence-corrected chi connectivity index (χ0v) is 17.9. The molecule has 0 radical (unpaired) electrons. The summed E-state index contributed by atoms with van der Waals surface area (Å²) in [6, 6.07) is 23.3. The first kappa shape index (κ1) is 19.0. The lowest BCUT2D eigenvalue weighted by atomic mass is 9.59. The van der Waals surface area contributed by atoms with E-state index in [-0.39, 0.29) is 5.91 Å². The Morgan fingerprint density at radius 2 is 1.62 bits per heavy atom. The lowest BCUT2D eigenvalue weighted by molar-refractivity contribution is 0.0942. The molecule has 4 aromatic rings. The van der Waals surface area contributed by atoms with Gasteiger partial charge in [-0.1, -0.05) is 54.6 Å². The van der Waals surface area contributed by atoms with Gasteiger partial charge in [0.2, 0.25) is 0 Å². The molecular formula is C27H24N4O. The van der Waals surface area contributed by atoms with Crippen LogP contribution in [0.2, 0.25) is 0 Å². The summed E-state index contributed by atoms with van der Waals surface area (Å²) < 4.78 is 1.71. The molecule has 1 unspecified atom stereocenters. The Labute approximate surface area is 187 Å². The van der Waals surface area contributed by atoms with Crippen LogP contribution in [0.25, 0.3) is 5.82 Å². The molecule has 1 atom stereocenters. The number of amides is 1. The van der Waals surface area contributed by atoms with Crippen LogP contribution >= 0.6 is 0 Å². The van der Waals surface area contributed by atoms with Crippen LogP contribution in [-0.4, -0.2) is 27.2 Å². The number of rotatable bonds is 4. The molecule has 0 spiro atoms. The summed E-state index contributed by atoms with van der Waals surface area (Å²) in [5.41, 5.74) is 7.12. The minimum atomic E-state index is -0.0762. The maximum absolute atomic E-state index is 13.1. The summed E-state index contributed by atoms with van der Waals surface area (Å²) in [5.74, 6) is 1.74. The Balaban J connectivity index is 1.25. The molecule has 2 aromatic carbocycles. The van der Waals surface area contributed by atoms with Crippen molar-refractivity contribution in [3.8, 4) is 5.82 Å². The first-order valence-corrected chi connectivity index (χ1v) is 11.1. The predicted molar refractivity (Wildman–Crippen MR) is 123 cm³/mol. The van der Waals surface area contributed by atoms with Gasteiger partial charge in [0.25, 0.3) is 5.91 Å². The molecule has 32 heavy (non-hydrogen) atoms. The van der Waals surface area contributed by atoms with Gasteiger partial charge in [0, 0.05) is 24.6 Å². The molecule has 1 amide bonds. The highest BCUT2D eigenvalue weighted by molar-refractivity contribution is 5.95. The van der Waals surface area contributed by atoms with Gasteiger partial charge in [-0.3, -0.25) is 4.79 Å². The highest BCUT2D eigenvalue weighted by Crippen LogP contribution is 2.55. The molecule has 158 valence electrons. The molecule has 2 aromatic heterocycles. The minimum Gasteiger partial charge on any atom is -0.352 e. The van der Waals surface area contributed by atoms with Crippen molar-refractivity contribution >= 4 is 5.91 Å². The fourth-order valence-electron chi connectivity index (χ4n) is 5.62. The number of fused-ring (bicyclic) bond motifs is 1. The maximum Gasteiger partial charge on any atom is 0.254 e. The maximum atomic E-state index is 13.1. The Hall–Kier alpha value is -3.73. The van der Waals surface area contributed by atoms with E-state index in [0.717, 1.165) is 12.1 Å². The third kappa shape index (κ3) is 2.88. The Morgan fingerprint density at radius 3 is 2.28 bits per heavy atom. The molecule has 0 saturated heterocycles. The van der Waals surface area contributed by atoms with Gasteiger partial charge < -0.3 is 5.32 Å². The first-order valence-electron chi connectivity index (χ1n) is 11.1. The SMILES string of the molecule is Cc1c(C(=O)NCC2CC3c4ccccc4C2c2ccccc23)cnn1-c1ccccn1. The molecule has 0 saturated carbocycles. The van der Waals surface area contributed by atoms with Gasteiger partial charge in [0.05, 0.1) is 17.5 Å². The third-order valence-corrected chi connectivity index (χ3v) is 7.07. The summed E-state index contributed by atoms with van der Waals surface area (Å²) in [7, 11) is 0. The quantitative estimate of drug-likeness (QED) is 0.525. The van der Waals surface area contributed by atoms with Crippen molar-refractivity contribution < 1.29 is 4.79 Å². The van der Waals surface area contributed by atoms with Crippen molar-refractivity contribution in [3.05, 3.63) is 113 Å². The second-order valence-corrected chi connectivity index (χ2v) is 8.74. The number of benzene rings is 2. The van der Waals surface area contributed by atoms with Crippen LogP contribution < -0.4 is 5.32 Å². The number of nitrogens with zero attached hydrogens (tertiary/aromatic N) is 3. The van der Waals surface area contributed by atoms with Crippen LogP contribution in [0.15, 0.2) is 79.1 Å². The van der Waals surface area contributed by atoms with Crippen LogP contribution in [0.4, 0.5) is 0 Å². The predicted octanol–water partition coefficient (Wildman–Crippen LogP) is 4.60. The van der Waals surface area contributed by atoms with Gasteiger partial charge in [0.1, 0.15) is 0 Å². The van der Waals surface area contributed by atoms with Crippen LogP contribution in [-0.2, 0) is 0 Å². The second kappa shape index (κ2) is 7.45. The Bertz CT molecular complexity index is 1260. The van der Waals surface area contributed by atoms with Gasteiger partial charge >= 0.3 is 0 Å². The fourth-order valence-corrected chi connectivity index (χ4v) is 5.62. The molecule has 2 bridgehead atoms. The first-order chi connectivity index (χ1) is 15.7. The van der Waals surface area contributed by atoms with Crippen molar-refractivity contribution in [2.75, 3.05) is 6.54 Å². The van der Waals surface area contributed by atoms with E-state index in [9.17, 15) is 4.79 Å². The van der Waals surface area contributed by atoms with Crippen molar-refractivity contribution in [1.82, 2.24) is 20.1 Å². The number of carbonyl (C=O) groups excluding carboxylic acids is 1. The highest BCUT2D eigenvalue weighted by atomic mass is 16.1. The van der Waals surface area contributed by atoms with E-state index in [1.165, 1.54) is 22.3 Å². The molecule has 0 aliphatic heterocycles. The van der Waals surface area contributed by atoms with E-state index < -0.39 is 0 Å². The average molecular weight is 421 g/mol. The Kier molecular flexibility index (Phi) is 4.42. The lowest BCUT2D eigenvalue weighted by Gasteiger charge is -2.45. The zero-order chi connectivity index (χ0) is 21.7. The van der Waals surface area contributed by atoms with Gasteiger partial charge in [0.15, 0.2) is 5.82 Å². The largest absolute Gasteiger partial charge is 0.352 e. The highest BCUT2D eigenvalue weighted by Gasteiger charge is 2.42. The van der Waals surface area contributed by atoms with E-state index in [2.05, 4.69) is 63.9 Å². The van der Waals surface area contributed by atoms with Gasteiger partial charge in [-0.15, -0.1) is 0 Å². The monoisotopic (exact) mass is 420 g/mol.